The van der Waals surface area contributed by atoms with E-state index >= 15 is 0 Å². The Hall–Kier alpha value is -0.850. The van der Waals surface area contributed by atoms with Crippen molar-refractivity contribution in [1.29, 1.82) is 0 Å². The van der Waals surface area contributed by atoms with Crippen LogP contribution in [0.15, 0.2) is 24.3 Å². The van der Waals surface area contributed by atoms with E-state index in [1.165, 1.54) is 5.56 Å². The summed E-state index contributed by atoms with van der Waals surface area (Å²) in [4.78, 5) is 17.1. The highest BCUT2D eigenvalue weighted by atomic mass is 35.5. The van der Waals surface area contributed by atoms with Crippen molar-refractivity contribution >= 4 is 30.7 Å². The maximum atomic E-state index is 12.7. The van der Waals surface area contributed by atoms with Gasteiger partial charge in [-0.2, -0.15) is 0 Å². The van der Waals surface area contributed by atoms with Crippen LogP contribution in [0.4, 0.5) is 0 Å². The van der Waals surface area contributed by atoms with Gasteiger partial charge in [-0.15, -0.1) is 24.8 Å². The Morgan fingerprint density at radius 3 is 2.33 bits per heavy atom. The summed E-state index contributed by atoms with van der Waals surface area (Å²) in [7, 11) is 1.97. The first-order valence-electron chi connectivity index (χ1n) is 9.45. The number of likely N-dealkylation sites (tertiary alicyclic amines) is 1. The number of halogens is 2. The SMILES string of the molecule is CNCC1CCN(C(=O)c2ccc(CN3CC(C)OC(C)C3)cc2)C1.Cl.Cl. The maximum absolute atomic E-state index is 12.7. The zero-order valence-corrected chi connectivity index (χ0v) is 18.2. The first-order valence-corrected chi connectivity index (χ1v) is 9.45. The molecular weight excluding hydrogens is 385 g/mol. The lowest BCUT2D eigenvalue weighted by Gasteiger charge is -2.35. The van der Waals surface area contributed by atoms with Crippen LogP contribution in [-0.4, -0.2) is 67.7 Å². The number of nitrogens with zero attached hydrogens (tertiary/aromatic N) is 2. The van der Waals surface area contributed by atoms with Gasteiger partial charge in [0.1, 0.15) is 0 Å². The number of carbonyl (C=O) groups excluding carboxylic acids is 1. The van der Waals surface area contributed by atoms with Gasteiger partial charge in [-0.3, -0.25) is 9.69 Å². The Morgan fingerprint density at radius 1 is 1.11 bits per heavy atom. The zero-order valence-electron chi connectivity index (χ0n) is 16.5. The van der Waals surface area contributed by atoms with Crippen LogP contribution in [0.1, 0.15) is 36.2 Å². The molecule has 27 heavy (non-hydrogen) atoms. The summed E-state index contributed by atoms with van der Waals surface area (Å²) in [6, 6.07) is 8.16. The zero-order chi connectivity index (χ0) is 17.8. The molecule has 154 valence electrons. The molecule has 0 aromatic heterocycles. The molecule has 0 aliphatic carbocycles. The lowest BCUT2D eigenvalue weighted by atomic mass is 10.1. The topological polar surface area (TPSA) is 44.8 Å². The largest absolute Gasteiger partial charge is 0.373 e. The van der Waals surface area contributed by atoms with Crippen LogP contribution in [0.3, 0.4) is 0 Å². The molecule has 0 saturated carbocycles. The van der Waals surface area contributed by atoms with E-state index in [0.29, 0.717) is 5.92 Å². The molecule has 7 heteroatoms. The molecule has 2 heterocycles. The molecule has 5 nitrogen and oxygen atoms in total. The fourth-order valence-electron chi connectivity index (χ4n) is 4.08. The van der Waals surface area contributed by atoms with Gasteiger partial charge in [0, 0.05) is 38.3 Å². The molecule has 3 rings (SSSR count). The predicted molar refractivity (Wildman–Crippen MR) is 114 cm³/mol. The monoisotopic (exact) mass is 417 g/mol. The van der Waals surface area contributed by atoms with Crippen molar-refractivity contribution in [3.63, 3.8) is 0 Å². The average Bonchev–Trinajstić information content (AvgIpc) is 3.03. The Balaban J connectivity index is 0.00000182. The van der Waals surface area contributed by atoms with E-state index < -0.39 is 0 Å². The molecule has 1 aromatic carbocycles. The van der Waals surface area contributed by atoms with Crippen molar-refractivity contribution < 1.29 is 9.53 Å². The summed E-state index contributed by atoms with van der Waals surface area (Å²) in [5.74, 6) is 0.747. The van der Waals surface area contributed by atoms with Gasteiger partial charge in [-0.05, 0) is 57.5 Å². The number of morpholine rings is 1. The van der Waals surface area contributed by atoms with Crippen molar-refractivity contribution in [3.05, 3.63) is 35.4 Å². The summed E-state index contributed by atoms with van der Waals surface area (Å²) in [6.45, 7) is 9.82. The van der Waals surface area contributed by atoms with Crippen LogP contribution in [-0.2, 0) is 11.3 Å². The minimum Gasteiger partial charge on any atom is -0.373 e. The second kappa shape index (κ2) is 11.2. The summed E-state index contributed by atoms with van der Waals surface area (Å²) in [6.07, 6.45) is 1.66. The second-order valence-corrected chi connectivity index (χ2v) is 7.61. The number of nitrogens with one attached hydrogen (secondary N) is 1. The Labute approximate surface area is 175 Å². The Morgan fingerprint density at radius 2 is 1.74 bits per heavy atom. The van der Waals surface area contributed by atoms with Gasteiger partial charge in [-0.25, -0.2) is 0 Å². The number of hydrogen-bond acceptors (Lipinski definition) is 4. The third kappa shape index (κ3) is 6.61. The summed E-state index contributed by atoms with van der Waals surface area (Å²) >= 11 is 0. The van der Waals surface area contributed by atoms with Gasteiger partial charge in [0.05, 0.1) is 12.2 Å². The first kappa shape index (κ1) is 24.2. The molecule has 0 bridgehead atoms. The first-order chi connectivity index (χ1) is 12.0. The lowest BCUT2D eigenvalue weighted by Crippen LogP contribution is -2.44. The van der Waals surface area contributed by atoms with Crippen molar-refractivity contribution in [1.82, 2.24) is 15.1 Å². The van der Waals surface area contributed by atoms with Gasteiger partial charge < -0.3 is 15.0 Å². The van der Waals surface area contributed by atoms with Gasteiger partial charge in [-0.1, -0.05) is 12.1 Å². The number of benzene rings is 1. The van der Waals surface area contributed by atoms with Crippen molar-refractivity contribution in [2.24, 2.45) is 5.92 Å². The Bertz CT molecular complexity index is 575. The summed E-state index contributed by atoms with van der Waals surface area (Å²) in [5.41, 5.74) is 2.06. The molecular formula is C20H33Cl2N3O2. The molecule has 2 aliphatic rings. The third-order valence-electron chi connectivity index (χ3n) is 5.17. The summed E-state index contributed by atoms with van der Waals surface area (Å²) in [5, 5.41) is 3.21. The van der Waals surface area contributed by atoms with Crippen LogP contribution >= 0.6 is 24.8 Å². The van der Waals surface area contributed by atoms with Crippen LogP contribution in [0.25, 0.3) is 0 Å². The van der Waals surface area contributed by atoms with Gasteiger partial charge in [0.25, 0.3) is 5.91 Å². The lowest BCUT2D eigenvalue weighted by molar-refractivity contribution is -0.0704. The fourth-order valence-corrected chi connectivity index (χ4v) is 4.08. The Kier molecular flexibility index (Phi) is 10.1. The number of ether oxygens (including phenoxy) is 1. The van der Waals surface area contributed by atoms with E-state index in [-0.39, 0.29) is 42.9 Å². The molecule has 3 unspecified atom stereocenters. The number of amides is 1. The predicted octanol–water partition coefficient (Wildman–Crippen LogP) is 2.82. The third-order valence-corrected chi connectivity index (χ3v) is 5.17. The average molecular weight is 418 g/mol. The number of carbonyl (C=O) groups is 1. The molecule has 1 aromatic rings. The number of rotatable bonds is 5. The highest BCUT2D eigenvalue weighted by Gasteiger charge is 2.26. The maximum Gasteiger partial charge on any atom is 0.253 e. The number of hydrogen-bond donors (Lipinski definition) is 1. The van der Waals surface area contributed by atoms with E-state index in [9.17, 15) is 4.79 Å². The van der Waals surface area contributed by atoms with Crippen LogP contribution in [0, 0.1) is 5.92 Å². The molecule has 0 radical (unpaired) electrons. The van der Waals surface area contributed by atoms with Gasteiger partial charge in [0.2, 0.25) is 0 Å². The van der Waals surface area contributed by atoms with Crippen molar-refractivity contribution in [3.8, 4) is 0 Å². The minimum absolute atomic E-state index is 0. The van der Waals surface area contributed by atoms with Crippen LogP contribution < -0.4 is 5.32 Å². The smallest absolute Gasteiger partial charge is 0.253 e. The molecule has 0 spiro atoms. The fraction of sp³-hybridized carbons (Fsp3) is 0.650. The van der Waals surface area contributed by atoms with E-state index in [0.717, 1.165) is 51.3 Å². The van der Waals surface area contributed by atoms with E-state index in [4.69, 9.17) is 4.74 Å². The highest BCUT2D eigenvalue weighted by Crippen LogP contribution is 2.19. The van der Waals surface area contributed by atoms with E-state index in [1.54, 1.807) is 0 Å². The summed E-state index contributed by atoms with van der Waals surface area (Å²) < 4.78 is 5.79. The molecule has 2 fully saturated rings. The van der Waals surface area contributed by atoms with E-state index in [2.05, 4.69) is 36.2 Å². The molecule has 2 saturated heterocycles. The standard InChI is InChI=1S/C20H31N3O2.2ClH/c1-15-11-22(12-16(2)25-15)13-17-4-6-19(7-5-17)20(24)23-9-8-18(14-23)10-21-3;;/h4-7,15-16,18,21H,8-14H2,1-3H3;2*1H. The molecule has 3 atom stereocenters. The molecule has 1 N–H and O–H groups in total. The van der Waals surface area contributed by atoms with Gasteiger partial charge >= 0.3 is 0 Å². The minimum atomic E-state index is 0. The second-order valence-electron chi connectivity index (χ2n) is 7.61. The van der Waals surface area contributed by atoms with Crippen LogP contribution in [0.5, 0.6) is 0 Å². The van der Waals surface area contributed by atoms with Gasteiger partial charge in [0.15, 0.2) is 0 Å². The highest BCUT2D eigenvalue weighted by molar-refractivity contribution is 5.94. The van der Waals surface area contributed by atoms with Crippen molar-refractivity contribution in [2.75, 3.05) is 39.8 Å². The van der Waals surface area contributed by atoms with E-state index in [1.807, 2.05) is 24.1 Å². The van der Waals surface area contributed by atoms with Crippen LogP contribution in [0.2, 0.25) is 0 Å². The quantitative estimate of drug-likeness (QED) is 0.799. The normalized spacial score (nSPS) is 25.6. The molecule has 1 amide bonds. The molecule has 2 aliphatic heterocycles. The van der Waals surface area contributed by atoms with Crippen molar-refractivity contribution in [2.45, 2.75) is 39.0 Å².